The Bertz CT molecular complexity index is 515. The summed E-state index contributed by atoms with van der Waals surface area (Å²) in [6.45, 7) is 0.621. The maximum Gasteiger partial charge on any atom is 0.401 e. The number of hydrogen-bond donors (Lipinski definition) is 1. The van der Waals surface area contributed by atoms with Gasteiger partial charge in [-0.05, 0) is 12.1 Å². The smallest absolute Gasteiger partial charge is 0.396 e. The summed E-state index contributed by atoms with van der Waals surface area (Å²) < 4.78 is 36.9. The number of rotatable bonds is 2. The maximum absolute atomic E-state index is 12.3. The van der Waals surface area contributed by atoms with E-state index < -0.39 is 12.7 Å². The van der Waals surface area contributed by atoms with Gasteiger partial charge < -0.3 is 10.6 Å². The van der Waals surface area contributed by atoms with E-state index in [-0.39, 0.29) is 5.69 Å². The van der Waals surface area contributed by atoms with Gasteiger partial charge in [0.25, 0.3) is 0 Å². The van der Waals surface area contributed by atoms with Crippen LogP contribution in [0.15, 0.2) is 12.1 Å². The first-order chi connectivity index (χ1) is 9.39. The molecule has 5 nitrogen and oxygen atoms in total. The van der Waals surface area contributed by atoms with Crippen molar-refractivity contribution in [1.82, 2.24) is 9.88 Å². The van der Waals surface area contributed by atoms with Gasteiger partial charge in [0.15, 0.2) is 5.69 Å². The third-order valence-corrected chi connectivity index (χ3v) is 3.12. The lowest BCUT2D eigenvalue weighted by Crippen LogP contribution is -2.49. The summed E-state index contributed by atoms with van der Waals surface area (Å²) in [7, 11) is 0. The van der Waals surface area contributed by atoms with E-state index in [0.29, 0.717) is 37.7 Å². The lowest BCUT2D eigenvalue weighted by atomic mass is 10.2. The van der Waals surface area contributed by atoms with Crippen LogP contribution in [-0.4, -0.2) is 48.8 Å². The Morgan fingerprint density at radius 3 is 2.45 bits per heavy atom. The molecule has 1 aromatic heterocycles. The fourth-order valence-corrected chi connectivity index (χ4v) is 2.11. The normalized spacial score (nSPS) is 17.0. The van der Waals surface area contributed by atoms with E-state index in [2.05, 4.69) is 4.98 Å². The third kappa shape index (κ3) is 3.51. The number of nitriles is 1. The molecule has 0 atom stereocenters. The number of aromatic nitrogens is 1. The summed E-state index contributed by atoms with van der Waals surface area (Å²) in [6, 6.07) is 5.16. The van der Waals surface area contributed by atoms with Crippen molar-refractivity contribution in [1.29, 1.82) is 5.26 Å². The molecule has 1 aromatic rings. The zero-order chi connectivity index (χ0) is 14.8. The fraction of sp³-hybridized carbons (Fsp3) is 0.500. The van der Waals surface area contributed by atoms with E-state index in [1.54, 1.807) is 12.1 Å². The Hall–Kier alpha value is -2.01. The number of nitrogens with two attached hydrogens (primary N) is 1. The Labute approximate surface area is 114 Å². The number of alkyl halides is 3. The zero-order valence-corrected chi connectivity index (χ0v) is 10.7. The van der Waals surface area contributed by atoms with Crippen LogP contribution < -0.4 is 10.6 Å². The molecule has 0 amide bonds. The van der Waals surface area contributed by atoms with Crippen LogP contribution in [0, 0.1) is 11.3 Å². The summed E-state index contributed by atoms with van der Waals surface area (Å²) in [6.07, 6.45) is -4.17. The van der Waals surface area contributed by atoms with Gasteiger partial charge in [0, 0.05) is 26.2 Å². The van der Waals surface area contributed by atoms with E-state index in [4.69, 9.17) is 11.0 Å². The molecule has 1 saturated heterocycles. The van der Waals surface area contributed by atoms with Gasteiger partial charge in [-0.1, -0.05) is 0 Å². The number of nitrogens with zero attached hydrogens (tertiary/aromatic N) is 4. The van der Waals surface area contributed by atoms with Crippen molar-refractivity contribution in [2.75, 3.05) is 43.4 Å². The van der Waals surface area contributed by atoms with Gasteiger partial charge in [-0.3, -0.25) is 4.90 Å². The van der Waals surface area contributed by atoms with Crippen LogP contribution in [0.5, 0.6) is 0 Å². The van der Waals surface area contributed by atoms with Gasteiger partial charge in [-0.25, -0.2) is 4.98 Å². The lowest BCUT2D eigenvalue weighted by molar-refractivity contribution is -0.146. The van der Waals surface area contributed by atoms with Crippen molar-refractivity contribution in [2.24, 2.45) is 0 Å². The Balaban J connectivity index is 1.99. The van der Waals surface area contributed by atoms with Crippen molar-refractivity contribution in [3.63, 3.8) is 0 Å². The van der Waals surface area contributed by atoms with Crippen LogP contribution >= 0.6 is 0 Å². The molecular formula is C12H14F3N5. The molecular weight excluding hydrogens is 271 g/mol. The molecule has 0 unspecified atom stereocenters. The lowest BCUT2D eigenvalue weighted by Gasteiger charge is -2.35. The molecule has 0 aliphatic carbocycles. The summed E-state index contributed by atoms with van der Waals surface area (Å²) in [5.41, 5.74) is 6.02. The molecule has 0 spiro atoms. The molecule has 1 aliphatic rings. The molecule has 108 valence electrons. The number of anilines is 2. The molecule has 8 heteroatoms. The average molecular weight is 285 g/mol. The van der Waals surface area contributed by atoms with Crippen molar-refractivity contribution in [2.45, 2.75) is 6.18 Å². The molecule has 0 radical (unpaired) electrons. The first-order valence-corrected chi connectivity index (χ1v) is 6.10. The van der Waals surface area contributed by atoms with Crippen molar-refractivity contribution in [3.8, 4) is 6.07 Å². The van der Waals surface area contributed by atoms with E-state index in [0.717, 1.165) is 0 Å². The monoisotopic (exact) mass is 285 g/mol. The van der Waals surface area contributed by atoms with E-state index >= 15 is 0 Å². The average Bonchev–Trinajstić information content (AvgIpc) is 2.38. The van der Waals surface area contributed by atoms with Crippen LogP contribution in [-0.2, 0) is 0 Å². The number of halogens is 3. The van der Waals surface area contributed by atoms with Gasteiger partial charge in [-0.15, -0.1) is 0 Å². The number of nitrogen functional groups attached to an aromatic ring is 1. The predicted octanol–water partition coefficient (Wildman–Crippen LogP) is 1.22. The summed E-state index contributed by atoms with van der Waals surface area (Å²) in [4.78, 5) is 7.33. The minimum atomic E-state index is -4.17. The van der Waals surface area contributed by atoms with E-state index in [1.807, 2.05) is 11.0 Å². The van der Waals surface area contributed by atoms with Crippen molar-refractivity contribution < 1.29 is 13.2 Å². The molecule has 0 bridgehead atoms. The zero-order valence-electron chi connectivity index (χ0n) is 10.7. The Morgan fingerprint density at radius 1 is 1.25 bits per heavy atom. The molecule has 0 saturated carbocycles. The van der Waals surface area contributed by atoms with Gasteiger partial charge >= 0.3 is 6.18 Å². The van der Waals surface area contributed by atoms with Crippen LogP contribution in [0.25, 0.3) is 0 Å². The second-order valence-corrected chi connectivity index (χ2v) is 4.60. The second-order valence-electron chi connectivity index (χ2n) is 4.60. The SMILES string of the molecule is N#Cc1nc(N2CCN(CC(F)(F)F)CC2)ccc1N. The number of piperazine rings is 1. The molecule has 1 aliphatic heterocycles. The quantitative estimate of drug-likeness (QED) is 0.884. The molecule has 2 heterocycles. The van der Waals surface area contributed by atoms with Crippen molar-refractivity contribution in [3.05, 3.63) is 17.8 Å². The Kier molecular flexibility index (Phi) is 3.99. The molecule has 2 rings (SSSR count). The minimum absolute atomic E-state index is 0.139. The van der Waals surface area contributed by atoms with Crippen LogP contribution in [0.1, 0.15) is 5.69 Å². The highest BCUT2D eigenvalue weighted by atomic mass is 19.4. The maximum atomic E-state index is 12.3. The number of pyridine rings is 1. The highest BCUT2D eigenvalue weighted by Gasteiger charge is 2.32. The van der Waals surface area contributed by atoms with Crippen LogP contribution in [0.2, 0.25) is 0 Å². The Morgan fingerprint density at radius 2 is 1.90 bits per heavy atom. The third-order valence-electron chi connectivity index (χ3n) is 3.12. The van der Waals surface area contributed by atoms with Crippen molar-refractivity contribution >= 4 is 11.5 Å². The first-order valence-electron chi connectivity index (χ1n) is 6.10. The molecule has 0 aromatic carbocycles. The summed E-state index contributed by atoms with van der Waals surface area (Å²) >= 11 is 0. The molecule has 1 fully saturated rings. The van der Waals surface area contributed by atoms with Crippen LogP contribution in [0.4, 0.5) is 24.7 Å². The summed E-state index contributed by atoms with van der Waals surface area (Å²) in [5.74, 6) is 0.572. The van der Waals surface area contributed by atoms with E-state index in [9.17, 15) is 13.2 Å². The van der Waals surface area contributed by atoms with Gasteiger partial charge in [0.05, 0.1) is 12.2 Å². The van der Waals surface area contributed by atoms with Gasteiger partial charge in [0.2, 0.25) is 0 Å². The minimum Gasteiger partial charge on any atom is -0.396 e. The standard InChI is InChI=1S/C12H14F3N5/c13-12(14,15)8-19-3-5-20(6-4-19)11-2-1-9(17)10(7-16)18-11/h1-2H,3-6,8,17H2. The second kappa shape index (κ2) is 5.54. The molecule has 2 N–H and O–H groups in total. The molecule has 20 heavy (non-hydrogen) atoms. The van der Waals surface area contributed by atoms with Gasteiger partial charge in [0.1, 0.15) is 11.9 Å². The first kappa shape index (κ1) is 14.4. The highest BCUT2D eigenvalue weighted by Crippen LogP contribution is 2.20. The fourth-order valence-electron chi connectivity index (χ4n) is 2.11. The topological polar surface area (TPSA) is 69.2 Å². The predicted molar refractivity (Wildman–Crippen MR) is 68.1 cm³/mol. The highest BCUT2D eigenvalue weighted by molar-refractivity contribution is 5.55. The van der Waals surface area contributed by atoms with Crippen LogP contribution in [0.3, 0.4) is 0 Å². The summed E-state index contributed by atoms with van der Waals surface area (Å²) in [5, 5.41) is 8.87. The van der Waals surface area contributed by atoms with Gasteiger partial charge in [-0.2, -0.15) is 18.4 Å². The largest absolute Gasteiger partial charge is 0.401 e. The number of hydrogen-bond acceptors (Lipinski definition) is 5. The van der Waals surface area contributed by atoms with E-state index in [1.165, 1.54) is 4.90 Å².